The van der Waals surface area contributed by atoms with Crippen LogP contribution in [0, 0.1) is 11.6 Å². The van der Waals surface area contributed by atoms with Crippen molar-refractivity contribution < 1.29 is 28.6 Å². The van der Waals surface area contributed by atoms with E-state index in [1.54, 1.807) is 26.0 Å². The molecule has 2 N–H and O–H groups in total. The molecule has 0 fully saturated rings. The molecule has 0 aliphatic carbocycles. The minimum absolute atomic E-state index is 0.0889. The number of hydrogen-bond donors (Lipinski definition) is 2. The normalized spacial score (nSPS) is 12.5. The monoisotopic (exact) mass is 364 g/mol. The van der Waals surface area contributed by atoms with Crippen LogP contribution in [0.3, 0.4) is 0 Å². The van der Waals surface area contributed by atoms with Gasteiger partial charge in [-0.15, -0.1) is 0 Å². The van der Waals surface area contributed by atoms with Gasteiger partial charge < -0.3 is 10.2 Å². The summed E-state index contributed by atoms with van der Waals surface area (Å²) in [5.41, 5.74) is 0.556. The quantitative estimate of drug-likeness (QED) is 0.796. The summed E-state index contributed by atoms with van der Waals surface area (Å²) in [4.78, 5) is 21.2. The first-order valence-electron chi connectivity index (χ1n) is 8.14. The van der Waals surface area contributed by atoms with Crippen LogP contribution in [0.5, 0.6) is 0 Å². The third kappa shape index (κ3) is 6.27. The first kappa shape index (κ1) is 21.3. The Hall–Kier alpha value is -2.76. The molecule has 0 saturated heterocycles. The van der Waals surface area contributed by atoms with Crippen molar-refractivity contribution in [3.05, 3.63) is 71.3 Å². The van der Waals surface area contributed by atoms with Crippen LogP contribution in [0.25, 0.3) is 0 Å². The van der Waals surface area contributed by atoms with Gasteiger partial charge in [0.2, 0.25) is 0 Å². The van der Waals surface area contributed by atoms with Crippen molar-refractivity contribution in [1.82, 2.24) is 0 Å². The molecule has 2 aromatic rings. The Kier molecular flexibility index (Phi) is 7.90. The zero-order valence-corrected chi connectivity index (χ0v) is 14.7. The van der Waals surface area contributed by atoms with Crippen molar-refractivity contribution in [2.24, 2.45) is 0 Å². The third-order valence-electron chi connectivity index (χ3n) is 4.20. The lowest BCUT2D eigenvalue weighted by Gasteiger charge is -2.23. The van der Waals surface area contributed by atoms with Crippen LogP contribution in [0.4, 0.5) is 8.78 Å². The van der Waals surface area contributed by atoms with Crippen molar-refractivity contribution in [1.29, 1.82) is 0 Å². The Balaban J connectivity index is 0.000000263. The highest BCUT2D eigenvalue weighted by molar-refractivity contribution is 5.80. The van der Waals surface area contributed by atoms with E-state index in [1.807, 2.05) is 0 Å². The Morgan fingerprint density at radius 1 is 0.923 bits per heavy atom. The minimum atomic E-state index is -0.923. The number of carbonyl (C=O) groups is 2. The second kappa shape index (κ2) is 9.65. The zero-order valence-electron chi connectivity index (χ0n) is 14.7. The molecule has 6 heteroatoms. The Labute approximate surface area is 151 Å². The molecule has 4 nitrogen and oxygen atoms in total. The molecule has 0 bridgehead atoms. The highest BCUT2D eigenvalue weighted by atomic mass is 19.1. The van der Waals surface area contributed by atoms with Crippen LogP contribution in [-0.4, -0.2) is 22.2 Å². The summed E-state index contributed by atoms with van der Waals surface area (Å²) >= 11 is 0. The van der Waals surface area contributed by atoms with Gasteiger partial charge in [-0.2, -0.15) is 0 Å². The van der Waals surface area contributed by atoms with Crippen molar-refractivity contribution in [3.8, 4) is 0 Å². The number of aliphatic carboxylic acids is 2. The molecule has 0 amide bonds. The molecular weight excluding hydrogens is 342 g/mol. The summed E-state index contributed by atoms with van der Waals surface area (Å²) in [6, 6.07) is 11.5. The average Bonchev–Trinajstić information content (AvgIpc) is 2.61. The maximum absolute atomic E-state index is 12.6. The van der Waals surface area contributed by atoms with Crippen LogP contribution in [0.2, 0.25) is 0 Å². The Bertz CT molecular complexity index is 726. The number of hydrogen-bond acceptors (Lipinski definition) is 2. The molecule has 1 atom stereocenters. The lowest BCUT2D eigenvalue weighted by molar-refractivity contribution is -0.143. The molecule has 0 aromatic heterocycles. The fraction of sp³-hybridized carbons (Fsp3) is 0.300. The van der Waals surface area contributed by atoms with Crippen molar-refractivity contribution >= 4 is 11.9 Å². The first-order chi connectivity index (χ1) is 12.2. The van der Waals surface area contributed by atoms with Gasteiger partial charge in [0.15, 0.2) is 0 Å². The predicted molar refractivity (Wildman–Crippen MR) is 94.0 cm³/mol. The number of rotatable bonds is 6. The number of halogens is 2. The largest absolute Gasteiger partial charge is 0.481 e. The van der Waals surface area contributed by atoms with Gasteiger partial charge in [-0.05, 0) is 55.2 Å². The van der Waals surface area contributed by atoms with Crippen LogP contribution in [0.15, 0.2) is 48.5 Å². The molecule has 0 radical (unpaired) electrons. The summed E-state index contributed by atoms with van der Waals surface area (Å²) in [7, 11) is 0. The second-order valence-electron chi connectivity index (χ2n) is 6.02. The highest BCUT2D eigenvalue weighted by Crippen LogP contribution is 2.27. The second-order valence-corrected chi connectivity index (χ2v) is 6.02. The summed E-state index contributed by atoms with van der Waals surface area (Å²) in [5.74, 6) is -2.36. The van der Waals surface area contributed by atoms with Gasteiger partial charge in [0.1, 0.15) is 11.6 Å². The SMILES string of the molecule is CCC(C)(C(=O)O)c1ccc(F)cc1.O=C(O)CCc1ccc(F)cc1. The van der Waals surface area contributed by atoms with Crippen LogP contribution < -0.4 is 0 Å². The molecule has 1 unspecified atom stereocenters. The molecule has 0 saturated carbocycles. The summed E-state index contributed by atoms with van der Waals surface area (Å²) in [5, 5.41) is 17.4. The number of carboxylic acids is 2. The van der Waals surface area contributed by atoms with E-state index in [0.717, 1.165) is 5.56 Å². The summed E-state index contributed by atoms with van der Waals surface area (Å²) < 4.78 is 25.0. The maximum Gasteiger partial charge on any atom is 0.313 e. The van der Waals surface area contributed by atoms with Crippen molar-refractivity contribution in [2.75, 3.05) is 0 Å². The molecule has 0 spiro atoms. The standard InChI is InChI=1S/C11H13FO2.C9H9FO2/c1-3-11(2,10(13)14)8-4-6-9(12)7-5-8;10-8-4-1-7(2-5-8)3-6-9(11)12/h4-7H,3H2,1-2H3,(H,13,14);1-2,4-5H,3,6H2,(H,11,12). The number of aryl methyl sites for hydroxylation is 1. The van der Waals surface area contributed by atoms with E-state index >= 15 is 0 Å². The highest BCUT2D eigenvalue weighted by Gasteiger charge is 2.32. The van der Waals surface area contributed by atoms with E-state index in [-0.39, 0.29) is 18.1 Å². The van der Waals surface area contributed by atoms with E-state index < -0.39 is 17.4 Å². The van der Waals surface area contributed by atoms with Crippen molar-refractivity contribution in [2.45, 2.75) is 38.5 Å². The average molecular weight is 364 g/mol. The van der Waals surface area contributed by atoms with E-state index in [2.05, 4.69) is 0 Å². The van der Waals surface area contributed by atoms with Gasteiger partial charge in [0.05, 0.1) is 5.41 Å². The van der Waals surface area contributed by atoms with E-state index in [0.29, 0.717) is 18.4 Å². The third-order valence-corrected chi connectivity index (χ3v) is 4.20. The molecule has 2 rings (SSSR count). The lowest BCUT2D eigenvalue weighted by Crippen LogP contribution is -2.31. The molecule has 26 heavy (non-hydrogen) atoms. The van der Waals surface area contributed by atoms with E-state index in [4.69, 9.17) is 10.2 Å². The topological polar surface area (TPSA) is 74.6 Å². The van der Waals surface area contributed by atoms with Crippen LogP contribution >= 0.6 is 0 Å². The number of carboxylic acid groups (broad SMARTS) is 2. The summed E-state index contributed by atoms with van der Waals surface area (Å²) in [6.45, 7) is 3.44. The zero-order chi connectivity index (χ0) is 19.7. The smallest absolute Gasteiger partial charge is 0.313 e. The van der Waals surface area contributed by atoms with Gasteiger partial charge in [0.25, 0.3) is 0 Å². The first-order valence-corrected chi connectivity index (χ1v) is 8.14. The van der Waals surface area contributed by atoms with Gasteiger partial charge in [0, 0.05) is 6.42 Å². The predicted octanol–water partition coefficient (Wildman–Crippen LogP) is 4.42. The minimum Gasteiger partial charge on any atom is -0.481 e. The fourth-order valence-electron chi connectivity index (χ4n) is 2.20. The molecular formula is C20H22F2O4. The van der Waals surface area contributed by atoms with Gasteiger partial charge >= 0.3 is 11.9 Å². The fourth-order valence-corrected chi connectivity index (χ4v) is 2.20. The Morgan fingerprint density at radius 3 is 1.77 bits per heavy atom. The lowest BCUT2D eigenvalue weighted by atomic mass is 9.80. The van der Waals surface area contributed by atoms with Crippen LogP contribution in [0.1, 0.15) is 37.8 Å². The van der Waals surface area contributed by atoms with Gasteiger partial charge in [-0.1, -0.05) is 31.2 Å². The van der Waals surface area contributed by atoms with Crippen LogP contribution in [-0.2, 0) is 21.4 Å². The van der Waals surface area contributed by atoms with Crippen molar-refractivity contribution in [3.63, 3.8) is 0 Å². The Morgan fingerprint density at radius 2 is 1.38 bits per heavy atom. The maximum atomic E-state index is 12.6. The van der Waals surface area contributed by atoms with E-state index in [9.17, 15) is 18.4 Å². The molecule has 0 heterocycles. The number of benzene rings is 2. The summed E-state index contributed by atoms with van der Waals surface area (Å²) in [6.07, 6.45) is 1.02. The van der Waals surface area contributed by atoms with Gasteiger partial charge in [-0.25, -0.2) is 8.78 Å². The van der Waals surface area contributed by atoms with E-state index in [1.165, 1.54) is 36.4 Å². The molecule has 0 aliphatic heterocycles. The van der Waals surface area contributed by atoms with Gasteiger partial charge in [-0.3, -0.25) is 9.59 Å². The molecule has 2 aromatic carbocycles. The molecule has 140 valence electrons. The molecule has 0 aliphatic rings.